The van der Waals surface area contributed by atoms with Gasteiger partial charge in [-0.15, -0.1) is 0 Å². The van der Waals surface area contributed by atoms with Crippen LogP contribution in [0.1, 0.15) is 0 Å². The van der Waals surface area contributed by atoms with E-state index in [0.717, 1.165) is 83.7 Å². The minimum absolute atomic E-state index is 0.506. The maximum Gasteiger partial charge on any atom is 0.135 e. The van der Waals surface area contributed by atoms with Crippen molar-refractivity contribution in [3.8, 4) is 61.3 Å². The zero-order valence-electron chi connectivity index (χ0n) is 31.2. The van der Waals surface area contributed by atoms with Gasteiger partial charge in [-0.1, -0.05) is 115 Å². The molecule has 9 aromatic carbocycles. The van der Waals surface area contributed by atoms with Crippen LogP contribution in [0.25, 0.3) is 105 Å². The van der Waals surface area contributed by atoms with E-state index in [9.17, 15) is 8.78 Å². The van der Waals surface area contributed by atoms with E-state index >= 15 is 0 Å². The minimum atomic E-state index is -0.593. The van der Waals surface area contributed by atoms with Gasteiger partial charge in [0.15, 0.2) is 0 Å². The molecule has 0 bridgehead atoms. The van der Waals surface area contributed by atoms with Crippen LogP contribution in [0.2, 0.25) is 0 Å². The van der Waals surface area contributed by atoms with Crippen molar-refractivity contribution in [2.75, 3.05) is 0 Å². The van der Waals surface area contributed by atoms with E-state index in [1.165, 1.54) is 34.0 Å². The third-order valence-electron chi connectivity index (χ3n) is 11.3. The van der Waals surface area contributed by atoms with E-state index in [1.54, 1.807) is 0 Å². The molecule has 0 aliphatic heterocycles. The minimum Gasteiger partial charge on any atom is -0.456 e. The van der Waals surface area contributed by atoms with Crippen LogP contribution in [0.3, 0.4) is 0 Å². The molecule has 0 unspecified atom stereocenters. The second kappa shape index (κ2) is 13.6. The molecule has 0 atom stereocenters. The number of hydrogen-bond acceptors (Lipinski definition) is 1. The number of halogens is 2. The highest BCUT2D eigenvalue weighted by molar-refractivity contribution is 6.12. The van der Waals surface area contributed by atoms with Crippen LogP contribution in [-0.2, 0) is 0 Å². The van der Waals surface area contributed by atoms with Crippen molar-refractivity contribution in [1.82, 2.24) is 4.57 Å². The molecule has 0 spiro atoms. The Hall–Kier alpha value is -7.56. The zero-order valence-corrected chi connectivity index (χ0v) is 31.2. The van der Waals surface area contributed by atoms with E-state index < -0.39 is 11.6 Å². The Kier molecular flexibility index (Phi) is 7.90. The lowest BCUT2D eigenvalue weighted by molar-refractivity contribution is 0.584. The van der Waals surface area contributed by atoms with E-state index in [1.807, 2.05) is 30.3 Å². The maximum atomic E-state index is 14.0. The van der Waals surface area contributed by atoms with Gasteiger partial charge in [-0.05, 0) is 134 Å². The van der Waals surface area contributed by atoms with Gasteiger partial charge in [-0.25, -0.2) is 8.78 Å². The Morgan fingerprint density at radius 3 is 1.41 bits per heavy atom. The summed E-state index contributed by atoms with van der Waals surface area (Å²) in [6, 6.07) is 67.2. The van der Waals surface area contributed by atoms with Gasteiger partial charge in [0.05, 0.1) is 11.0 Å². The summed E-state index contributed by atoms with van der Waals surface area (Å²) < 4.78 is 36.8. The number of nitrogens with zero attached hydrogens (tertiary/aromatic N) is 1. The fourth-order valence-electron chi connectivity index (χ4n) is 8.50. The summed E-state index contributed by atoms with van der Waals surface area (Å²) in [4.78, 5) is 0. The number of hydrogen-bond donors (Lipinski definition) is 0. The Morgan fingerprint density at radius 2 is 0.759 bits per heavy atom. The Balaban J connectivity index is 0.962. The highest BCUT2D eigenvalue weighted by atomic mass is 19.1. The summed E-state index contributed by atoms with van der Waals surface area (Å²) in [5.41, 5.74) is 15.1. The second-order valence-corrected chi connectivity index (χ2v) is 14.8. The number of benzene rings is 9. The van der Waals surface area contributed by atoms with Crippen molar-refractivity contribution in [3.05, 3.63) is 212 Å². The van der Waals surface area contributed by atoms with Crippen molar-refractivity contribution in [2.24, 2.45) is 0 Å². The van der Waals surface area contributed by atoms with Crippen LogP contribution in [0.15, 0.2) is 205 Å². The number of fused-ring (bicyclic) bond motifs is 6. The van der Waals surface area contributed by atoms with Gasteiger partial charge in [-0.2, -0.15) is 0 Å². The summed E-state index contributed by atoms with van der Waals surface area (Å²) in [5, 5.41) is 4.56. The summed E-state index contributed by atoms with van der Waals surface area (Å²) in [6.45, 7) is 0. The molecule has 2 heterocycles. The van der Waals surface area contributed by atoms with E-state index in [-0.39, 0.29) is 0 Å². The number of rotatable bonds is 6. The molecule has 274 valence electrons. The first-order chi connectivity index (χ1) is 28.5. The summed E-state index contributed by atoms with van der Waals surface area (Å²) in [5.74, 6) is -1.19. The van der Waals surface area contributed by atoms with Crippen LogP contribution in [-0.4, -0.2) is 4.57 Å². The molecule has 0 aliphatic carbocycles. The smallest absolute Gasteiger partial charge is 0.135 e. The van der Waals surface area contributed by atoms with Crippen molar-refractivity contribution < 1.29 is 13.2 Å². The molecule has 4 heteroatoms. The maximum absolute atomic E-state index is 14.0. The summed E-state index contributed by atoms with van der Waals surface area (Å²) in [6.07, 6.45) is 0. The quantitative estimate of drug-likeness (QED) is 0.166. The molecule has 0 fully saturated rings. The Labute approximate surface area is 333 Å². The summed E-state index contributed by atoms with van der Waals surface area (Å²) in [7, 11) is 0. The number of furan rings is 1. The van der Waals surface area contributed by atoms with Gasteiger partial charge in [0, 0.05) is 33.3 Å². The van der Waals surface area contributed by atoms with Gasteiger partial charge in [0.2, 0.25) is 0 Å². The first-order valence-electron chi connectivity index (χ1n) is 19.4. The topological polar surface area (TPSA) is 18.1 Å². The molecular weight excluding hydrogens is 717 g/mol. The third kappa shape index (κ3) is 5.86. The van der Waals surface area contributed by atoms with Gasteiger partial charge >= 0.3 is 0 Å². The van der Waals surface area contributed by atoms with Crippen molar-refractivity contribution in [2.45, 2.75) is 0 Å². The molecule has 2 nitrogen and oxygen atoms in total. The lowest BCUT2D eigenvalue weighted by atomic mass is 9.94. The monoisotopic (exact) mass is 749 g/mol. The number of para-hydroxylation sites is 1. The van der Waals surface area contributed by atoms with E-state index in [4.69, 9.17) is 4.42 Å². The Bertz CT molecular complexity index is 3350. The molecule has 0 aliphatic rings. The van der Waals surface area contributed by atoms with Crippen LogP contribution < -0.4 is 0 Å². The SMILES string of the molecule is Fc1cc(F)cc(-c2cccc(-c3cccc(-c4cccc(-c5ccc6oc7ccc(-n8c9ccccc9c9cc(-c%10ccccc%10)ccc98)cc7c6c5)c4)c3)c2)c1. The molecule has 0 amide bonds. The molecule has 0 N–H and O–H groups in total. The average molecular weight is 750 g/mol. The van der Waals surface area contributed by atoms with E-state index in [0.29, 0.717) is 5.56 Å². The predicted octanol–water partition coefficient (Wildman–Crippen LogP) is 15.3. The van der Waals surface area contributed by atoms with Crippen LogP contribution in [0.4, 0.5) is 8.78 Å². The highest BCUT2D eigenvalue weighted by Gasteiger charge is 2.16. The molecule has 0 saturated heterocycles. The predicted molar refractivity (Wildman–Crippen MR) is 235 cm³/mol. The lowest BCUT2D eigenvalue weighted by Crippen LogP contribution is -1.93. The summed E-state index contributed by atoms with van der Waals surface area (Å²) >= 11 is 0. The van der Waals surface area contributed by atoms with Gasteiger partial charge in [0.25, 0.3) is 0 Å². The van der Waals surface area contributed by atoms with Crippen molar-refractivity contribution in [1.29, 1.82) is 0 Å². The molecule has 0 radical (unpaired) electrons. The fraction of sp³-hybridized carbons (Fsp3) is 0. The Morgan fingerprint density at radius 1 is 0.293 bits per heavy atom. The largest absolute Gasteiger partial charge is 0.456 e. The van der Waals surface area contributed by atoms with Gasteiger partial charge < -0.3 is 8.98 Å². The first-order valence-corrected chi connectivity index (χ1v) is 19.4. The number of aromatic nitrogens is 1. The third-order valence-corrected chi connectivity index (χ3v) is 11.3. The first kappa shape index (κ1) is 33.8. The lowest BCUT2D eigenvalue weighted by Gasteiger charge is -2.10. The molecular formula is C54H33F2NO. The molecule has 2 aromatic heterocycles. The molecule has 11 rings (SSSR count). The van der Waals surface area contributed by atoms with Crippen molar-refractivity contribution >= 4 is 43.7 Å². The molecule has 11 aromatic rings. The molecule has 58 heavy (non-hydrogen) atoms. The van der Waals surface area contributed by atoms with Crippen LogP contribution in [0, 0.1) is 11.6 Å². The average Bonchev–Trinajstić information content (AvgIpc) is 3.81. The van der Waals surface area contributed by atoms with Crippen LogP contribution >= 0.6 is 0 Å². The fourth-order valence-corrected chi connectivity index (χ4v) is 8.50. The molecule has 0 saturated carbocycles. The second-order valence-electron chi connectivity index (χ2n) is 14.8. The zero-order chi connectivity index (χ0) is 38.7. The van der Waals surface area contributed by atoms with Gasteiger partial charge in [-0.3, -0.25) is 0 Å². The van der Waals surface area contributed by atoms with Crippen molar-refractivity contribution in [3.63, 3.8) is 0 Å². The highest BCUT2D eigenvalue weighted by Crippen LogP contribution is 2.39. The normalized spacial score (nSPS) is 11.6. The van der Waals surface area contributed by atoms with E-state index in [2.05, 4.69) is 156 Å². The standard InChI is InChI=1S/C54H33F2NO/c55-44-28-43(29-45(56)32-44)40-16-8-14-38(27-40)36-12-6-11-35(25-36)37-13-7-15-39(26-37)42-20-23-53-49(31-42)50-33-46(21-24-54(50)58-53)57-51-18-5-4-17-47(51)48-30-41(19-22-52(48)57)34-9-2-1-3-10-34/h1-33H. The van der Waals surface area contributed by atoms with Gasteiger partial charge in [0.1, 0.15) is 22.8 Å². The van der Waals surface area contributed by atoms with Crippen LogP contribution in [0.5, 0.6) is 0 Å².